The standard InChI is InChI=1S/C18H21N3OS/c1-12(2)13-3-5-14(6-4-13)15-10-23-17(19-15)21-9-16(22)20-18(11-21)7-8-18/h3-6,10,12H,7-9,11H2,1-2H3,(H,20,22). The molecule has 0 radical (unpaired) electrons. The van der Waals surface area contributed by atoms with Gasteiger partial charge in [0.1, 0.15) is 0 Å². The number of carbonyl (C=O) groups excluding carboxylic acids is 1. The van der Waals surface area contributed by atoms with Crippen LogP contribution in [-0.2, 0) is 4.79 Å². The van der Waals surface area contributed by atoms with Gasteiger partial charge in [-0.25, -0.2) is 4.98 Å². The van der Waals surface area contributed by atoms with E-state index < -0.39 is 0 Å². The summed E-state index contributed by atoms with van der Waals surface area (Å²) in [6.45, 7) is 5.70. The molecule has 4 nitrogen and oxygen atoms in total. The molecule has 1 aliphatic heterocycles. The summed E-state index contributed by atoms with van der Waals surface area (Å²) >= 11 is 1.63. The topological polar surface area (TPSA) is 45.2 Å². The van der Waals surface area contributed by atoms with Gasteiger partial charge in [0.15, 0.2) is 5.13 Å². The van der Waals surface area contributed by atoms with Crippen LogP contribution in [0.1, 0.15) is 38.2 Å². The minimum absolute atomic E-state index is 0.0279. The van der Waals surface area contributed by atoms with E-state index in [2.05, 4.69) is 53.7 Å². The summed E-state index contributed by atoms with van der Waals surface area (Å²) in [7, 11) is 0. The number of nitrogens with one attached hydrogen (secondary N) is 1. The van der Waals surface area contributed by atoms with E-state index in [4.69, 9.17) is 4.98 Å². The highest BCUT2D eigenvalue weighted by molar-refractivity contribution is 7.14. The first kappa shape index (κ1) is 14.7. The summed E-state index contributed by atoms with van der Waals surface area (Å²) in [5, 5.41) is 6.16. The molecule has 2 aromatic rings. The zero-order valence-corrected chi connectivity index (χ0v) is 14.3. The second-order valence-corrected chi connectivity index (χ2v) is 7.81. The molecule has 1 N–H and O–H groups in total. The highest BCUT2D eigenvalue weighted by Gasteiger charge is 2.48. The Morgan fingerprint density at radius 1 is 1.26 bits per heavy atom. The van der Waals surface area contributed by atoms with E-state index in [0.29, 0.717) is 12.5 Å². The van der Waals surface area contributed by atoms with Crippen molar-refractivity contribution in [3.8, 4) is 11.3 Å². The van der Waals surface area contributed by atoms with Crippen molar-refractivity contribution in [3.05, 3.63) is 35.2 Å². The third-order valence-electron chi connectivity index (χ3n) is 4.72. The van der Waals surface area contributed by atoms with E-state index in [9.17, 15) is 4.79 Å². The van der Waals surface area contributed by atoms with Crippen LogP contribution in [0.25, 0.3) is 11.3 Å². The highest BCUT2D eigenvalue weighted by atomic mass is 32.1. The number of anilines is 1. The van der Waals surface area contributed by atoms with E-state index in [1.807, 2.05) is 0 Å². The molecule has 0 atom stereocenters. The number of nitrogens with zero attached hydrogens (tertiary/aromatic N) is 2. The molecule has 1 aromatic heterocycles. The maximum Gasteiger partial charge on any atom is 0.240 e. The molecular weight excluding hydrogens is 306 g/mol. The Hall–Kier alpha value is -1.88. The van der Waals surface area contributed by atoms with Crippen molar-refractivity contribution in [3.63, 3.8) is 0 Å². The average Bonchev–Trinajstić information content (AvgIpc) is 3.09. The van der Waals surface area contributed by atoms with Crippen molar-refractivity contribution in [2.75, 3.05) is 18.0 Å². The number of hydrogen-bond donors (Lipinski definition) is 1. The van der Waals surface area contributed by atoms with Crippen LogP contribution in [-0.4, -0.2) is 29.5 Å². The maximum atomic E-state index is 11.9. The van der Waals surface area contributed by atoms with E-state index in [1.165, 1.54) is 5.56 Å². The molecular formula is C18H21N3OS. The third-order valence-corrected chi connectivity index (χ3v) is 5.62. The number of piperazine rings is 1. The molecule has 4 rings (SSSR count). The molecule has 2 heterocycles. The molecule has 0 unspecified atom stereocenters. The molecule has 120 valence electrons. The van der Waals surface area contributed by atoms with E-state index in [-0.39, 0.29) is 11.4 Å². The number of aromatic nitrogens is 1. The monoisotopic (exact) mass is 327 g/mol. The fraction of sp³-hybridized carbons (Fsp3) is 0.444. The lowest BCUT2D eigenvalue weighted by Gasteiger charge is -2.33. The summed E-state index contributed by atoms with van der Waals surface area (Å²) < 4.78 is 0. The van der Waals surface area contributed by atoms with Crippen LogP contribution in [0.4, 0.5) is 5.13 Å². The quantitative estimate of drug-likeness (QED) is 0.940. The molecule has 2 aliphatic rings. The molecule has 2 fully saturated rings. The van der Waals surface area contributed by atoms with Crippen LogP contribution in [0.5, 0.6) is 0 Å². The predicted octanol–water partition coefficient (Wildman–Crippen LogP) is 3.40. The lowest BCUT2D eigenvalue weighted by Crippen LogP contribution is -2.56. The minimum Gasteiger partial charge on any atom is -0.347 e. The number of amides is 1. The van der Waals surface area contributed by atoms with Crippen LogP contribution in [0.15, 0.2) is 29.6 Å². The lowest BCUT2D eigenvalue weighted by molar-refractivity contribution is -0.121. The highest BCUT2D eigenvalue weighted by Crippen LogP contribution is 2.40. The van der Waals surface area contributed by atoms with Crippen LogP contribution in [0, 0.1) is 0 Å². The molecule has 5 heteroatoms. The van der Waals surface area contributed by atoms with Crippen LogP contribution in [0.3, 0.4) is 0 Å². The minimum atomic E-state index is 0.0279. The summed E-state index contributed by atoms with van der Waals surface area (Å²) in [5.74, 6) is 0.656. The van der Waals surface area contributed by atoms with Crippen LogP contribution in [0.2, 0.25) is 0 Å². The fourth-order valence-electron chi connectivity index (χ4n) is 3.12. The van der Waals surface area contributed by atoms with Gasteiger partial charge in [0, 0.05) is 17.5 Å². The van der Waals surface area contributed by atoms with Gasteiger partial charge in [-0.1, -0.05) is 38.1 Å². The zero-order chi connectivity index (χ0) is 16.0. The van der Waals surface area contributed by atoms with Crippen LogP contribution >= 0.6 is 11.3 Å². The maximum absolute atomic E-state index is 11.9. The molecule has 1 saturated heterocycles. The fourth-order valence-corrected chi connectivity index (χ4v) is 3.95. The Bertz CT molecular complexity index is 731. The van der Waals surface area contributed by atoms with Crippen molar-refractivity contribution in [1.82, 2.24) is 10.3 Å². The SMILES string of the molecule is CC(C)c1ccc(-c2csc(N3CC(=O)NC4(CC4)C3)n2)cc1. The Kier molecular flexibility index (Phi) is 3.41. The average molecular weight is 327 g/mol. The summed E-state index contributed by atoms with van der Waals surface area (Å²) in [5.41, 5.74) is 3.50. The zero-order valence-electron chi connectivity index (χ0n) is 13.5. The van der Waals surface area contributed by atoms with Gasteiger partial charge < -0.3 is 10.2 Å². The van der Waals surface area contributed by atoms with Gasteiger partial charge in [-0.3, -0.25) is 4.79 Å². The normalized spacial score (nSPS) is 19.3. The largest absolute Gasteiger partial charge is 0.347 e. The molecule has 1 amide bonds. The molecule has 23 heavy (non-hydrogen) atoms. The number of thiazole rings is 1. The molecule has 1 aliphatic carbocycles. The van der Waals surface area contributed by atoms with Gasteiger partial charge in [0.25, 0.3) is 0 Å². The number of benzene rings is 1. The van der Waals surface area contributed by atoms with E-state index in [0.717, 1.165) is 35.8 Å². The Labute approximate surface area is 140 Å². The second kappa shape index (κ2) is 5.34. The molecule has 1 saturated carbocycles. The van der Waals surface area contributed by atoms with Gasteiger partial charge in [-0.15, -0.1) is 11.3 Å². The lowest BCUT2D eigenvalue weighted by atomic mass is 10.0. The Morgan fingerprint density at radius 2 is 2.00 bits per heavy atom. The Balaban J connectivity index is 1.55. The molecule has 1 spiro atoms. The first-order chi connectivity index (χ1) is 11.0. The Morgan fingerprint density at radius 3 is 2.65 bits per heavy atom. The van der Waals surface area contributed by atoms with Crippen molar-refractivity contribution in [1.29, 1.82) is 0 Å². The van der Waals surface area contributed by atoms with Crippen molar-refractivity contribution < 1.29 is 4.79 Å². The first-order valence-corrected chi connectivity index (χ1v) is 9.04. The van der Waals surface area contributed by atoms with Crippen LogP contribution < -0.4 is 10.2 Å². The van der Waals surface area contributed by atoms with Crippen molar-refractivity contribution >= 4 is 22.4 Å². The number of hydrogen-bond acceptors (Lipinski definition) is 4. The van der Waals surface area contributed by atoms with Gasteiger partial charge in [0.05, 0.1) is 17.8 Å². The van der Waals surface area contributed by atoms with Gasteiger partial charge in [-0.2, -0.15) is 0 Å². The third kappa shape index (κ3) is 2.85. The number of rotatable bonds is 3. The van der Waals surface area contributed by atoms with E-state index in [1.54, 1.807) is 11.3 Å². The van der Waals surface area contributed by atoms with Gasteiger partial charge in [-0.05, 0) is 24.3 Å². The van der Waals surface area contributed by atoms with Gasteiger partial charge >= 0.3 is 0 Å². The van der Waals surface area contributed by atoms with Crippen molar-refractivity contribution in [2.24, 2.45) is 0 Å². The smallest absolute Gasteiger partial charge is 0.240 e. The summed E-state index contributed by atoms with van der Waals surface area (Å²) in [6.07, 6.45) is 2.17. The second-order valence-electron chi connectivity index (χ2n) is 6.98. The molecule has 0 bridgehead atoms. The van der Waals surface area contributed by atoms with Gasteiger partial charge in [0.2, 0.25) is 5.91 Å². The van der Waals surface area contributed by atoms with Crippen molar-refractivity contribution in [2.45, 2.75) is 38.1 Å². The summed E-state index contributed by atoms with van der Waals surface area (Å²) in [6, 6.07) is 8.62. The first-order valence-electron chi connectivity index (χ1n) is 8.16. The van der Waals surface area contributed by atoms with E-state index >= 15 is 0 Å². The number of carbonyl (C=O) groups is 1. The summed E-state index contributed by atoms with van der Waals surface area (Å²) in [4.78, 5) is 18.8. The predicted molar refractivity (Wildman–Crippen MR) is 94.0 cm³/mol. The molecule has 1 aromatic carbocycles.